The Balaban J connectivity index is 3.87. The SMILES string of the molecule is CC/C=C\C/C=C\C/C=C\C/C=C\C/C=C\CCCCCCCCCCCCCCCCCCCCCC(=O)OC(COC(=O)CCCCCCCCCCCCCCCCCCCCCCCCCCCCCCCCCCCCCCCC)COP(=O)(O)OCC[N+](C)(C)C. The third-order valence-corrected chi connectivity index (χ3v) is 20.3. The van der Waals surface area contributed by atoms with Gasteiger partial charge in [0.2, 0.25) is 0 Å². The van der Waals surface area contributed by atoms with E-state index in [2.05, 4.69) is 74.6 Å². The van der Waals surface area contributed by atoms with E-state index < -0.39 is 26.5 Å². The minimum Gasteiger partial charge on any atom is -0.462 e. The van der Waals surface area contributed by atoms with Crippen molar-refractivity contribution in [3.63, 3.8) is 0 Å². The number of hydrogen-bond acceptors (Lipinski definition) is 7. The molecule has 10 heteroatoms. The van der Waals surface area contributed by atoms with Crippen LogP contribution in [0.15, 0.2) is 60.8 Å². The number of carbonyl (C=O) groups excluding carboxylic acids is 2. The van der Waals surface area contributed by atoms with E-state index in [0.29, 0.717) is 23.9 Å². The van der Waals surface area contributed by atoms with Crippen LogP contribution in [0.5, 0.6) is 0 Å². The van der Waals surface area contributed by atoms with Gasteiger partial charge < -0.3 is 18.9 Å². The van der Waals surface area contributed by atoms with Crippen LogP contribution in [0.3, 0.4) is 0 Å². The number of phosphoric ester groups is 1. The third-order valence-electron chi connectivity index (χ3n) is 19.3. The molecule has 2 atom stereocenters. The van der Waals surface area contributed by atoms with E-state index in [1.807, 2.05) is 21.1 Å². The quantitative estimate of drug-likeness (QED) is 0.0211. The summed E-state index contributed by atoms with van der Waals surface area (Å²) in [5.74, 6) is -0.773. The van der Waals surface area contributed by atoms with Crippen molar-refractivity contribution in [1.82, 2.24) is 0 Å². The summed E-state index contributed by atoms with van der Waals surface area (Å²) in [4.78, 5) is 36.0. The van der Waals surface area contributed by atoms with Crippen LogP contribution >= 0.6 is 7.82 Å². The van der Waals surface area contributed by atoms with Gasteiger partial charge in [0.15, 0.2) is 6.10 Å². The van der Waals surface area contributed by atoms with Crippen molar-refractivity contribution in [1.29, 1.82) is 0 Å². The summed E-state index contributed by atoms with van der Waals surface area (Å²) in [5, 5.41) is 0. The largest absolute Gasteiger partial charge is 0.472 e. The lowest BCUT2D eigenvalue weighted by Gasteiger charge is -2.24. The van der Waals surface area contributed by atoms with Crippen molar-refractivity contribution in [2.24, 2.45) is 0 Å². The molecule has 0 spiro atoms. The van der Waals surface area contributed by atoms with Crippen LogP contribution in [0.2, 0.25) is 0 Å². The summed E-state index contributed by atoms with van der Waals surface area (Å²) in [6.45, 7) is 4.40. The first-order valence-electron chi connectivity index (χ1n) is 42.5. The summed E-state index contributed by atoms with van der Waals surface area (Å²) < 4.78 is 34.9. The maximum Gasteiger partial charge on any atom is 0.472 e. The number of rotatable bonds is 80. The van der Waals surface area contributed by atoms with Gasteiger partial charge in [-0.3, -0.25) is 18.6 Å². The van der Waals surface area contributed by atoms with Gasteiger partial charge in [-0.1, -0.05) is 421 Å². The molecule has 0 saturated carbocycles. The summed E-state index contributed by atoms with van der Waals surface area (Å²) in [6, 6.07) is 0. The van der Waals surface area contributed by atoms with Crippen LogP contribution in [-0.2, 0) is 32.7 Å². The first-order chi connectivity index (χ1) is 47.5. The molecule has 0 aromatic rings. The Bertz CT molecular complexity index is 1820. The van der Waals surface area contributed by atoms with Crippen molar-refractivity contribution in [2.45, 2.75) is 437 Å². The van der Waals surface area contributed by atoms with Gasteiger partial charge in [-0.2, -0.15) is 0 Å². The van der Waals surface area contributed by atoms with Gasteiger partial charge >= 0.3 is 19.8 Å². The number of esters is 2. The molecule has 2 unspecified atom stereocenters. The van der Waals surface area contributed by atoms with Crippen LogP contribution in [0.4, 0.5) is 0 Å². The van der Waals surface area contributed by atoms with Gasteiger partial charge in [0, 0.05) is 12.8 Å². The van der Waals surface area contributed by atoms with Gasteiger partial charge in [0.25, 0.3) is 0 Å². The summed E-state index contributed by atoms with van der Waals surface area (Å²) in [7, 11) is 1.50. The van der Waals surface area contributed by atoms with Crippen molar-refractivity contribution < 1.29 is 42.1 Å². The molecule has 1 N–H and O–H groups in total. The van der Waals surface area contributed by atoms with Crippen LogP contribution < -0.4 is 0 Å². The molecule has 0 rings (SSSR count). The van der Waals surface area contributed by atoms with E-state index in [9.17, 15) is 19.0 Å². The zero-order valence-electron chi connectivity index (χ0n) is 65.3. The molecule has 570 valence electrons. The second kappa shape index (κ2) is 77.9. The lowest BCUT2D eigenvalue weighted by molar-refractivity contribution is -0.870. The van der Waals surface area contributed by atoms with Gasteiger partial charge in [0.1, 0.15) is 19.8 Å². The maximum absolute atomic E-state index is 12.9. The fourth-order valence-corrected chi connectivity index (χ4v) is 13.6. The summed E-state index contributed by atoms with van der Waals surface area (Å²) in [6.07, 6.45) is 105. The van der Waals surface area contributed by atoms with Crippen LogP contribution in [-0.4, -0.2) is 74.9 Å². The van der Waals surface area contributed by atoms with E-state index in [1.165, 1.54) is 334 Å². The number of phosphoric acid groups is 1. The number of likely N-dealkylation sites (N-methyl/N-ethyl adjacent to an activating group) is 1. The fourth-order valence-electron chi connectivity index (χ4n) is 12.9. The highest BCUT2D eigenvalue weighted by Gasteiger charge is 2.27. The molecule has 0 bridgehead atoms. The predicted octanol–water partition coefficient (Wildman–Crippen LogP) is 28.5. The molecule has 0 aliphatic heterocycles. The molecule has 0 saturated heterocycles. The third kappa shape index (κ3) is 82.6. The van der Waals surface area contributed by atoms with E-state index in [0.717, 1.165) is 64.2 Å². The topological polar surface area (TPSA) is 108 Å². The molecule has 0 aliphatic carbocycles. The van der Waals surface area contributed by atoms with Crippen molar-refractivity contribution in [3.8, 4) is 0 Å². The molecule has 0 amide bonds. The molecule has 0 heterocycles. The number of nitrogens with zero attached hydrogens (tertiary/aromatic N) is 1. The van der Waals surface area contributed by atoms with Crippen molar-refractivity contribution in [2.75, 3.05) is 47.5 Å². The first kappa shape index (κ1) is 94.7. The number of ether oxygens (including phenoxy) is 2. The molecule has 0 radical (unpaired) electrons. The maximum atomic E-state index is 12.9. The van der Waals surface area contributed by atoms with Gasteiger partial charge in [-0.15, -0.1) is 0 Å². The fraction of sp³-hybridized carbons (Fsp3) is 0.862. The molecular formula is C87H165NO8P+. The standard InChI is InChI=1S/C87H164NO8P/c1-6-8-10-12-14-16-18-20-22-24-26-28-30-32-34-36-38-40-42-43-44-46-47-49-51-53-55-57-59-61-63-65-67-69-71-73-75-77-79-86(89)93-83-85(84-95-97(91,92)94-82-81-88(3,4)5)96-87(90)80-78-76-74-72-70-68-66-64-62-60-58-56-54-52-50-48-45-41-39-37-35-33-31-29-27-25-23-21-19-17-15-13-11-9-7-2/h9,11,15,17,21,23,27,29,33,35,85H,6-8,10,12-14,16,18-20,22,24-26,28,30-32,34,36-84H2,1-5H3/p+1/b11-9-,17-15-,23-21-,29-27-,35-33-. The zero-order valence-corrected chi connectivity index (χ0v) is 66.2. The van der Waals surface area contributed by atoms with Crippen LogP contribution in [0, 0.1) is 0 Å². The zero-order chi connectivity index (χ0) is 70.4. The normalized spacial score (nSPS) is 13.3. The highest BCUT2D eigenvalue weighted by Crippen LogP contribution is 2.43. The Hall–Kier alpha value is -2.29. The molecular weight excluding hydrogens is 1220 g/mol. The lowest BCUT2D eigenvalue weighted by Crippen LogP contribution is -2.37. The van der Waals surface area contributed by atoms with Crippen LogP contribution in [0.1, 0.15) is 431 Å². The molecule has 97 heavy (non-hydrogen) atoms. The monoisotopic (exact) mass is 1380 g/mol. The minimum atomic E-state index is -4.40. The average Bonchev–Trinajstić information content (AvgIpc) is 1.69. The molecule has 0 fully saturated rings. The summed E-state index contributed by atoms with van der Waals surface area (Å²) >= 11 is 0. The number of unbranched alkanes of at least 4 members (excludes halogenated alkanes) is 56. The average molecular weight is 1380 g/mol. The van der Waals surface area contributed by atoms with Gasteiger partial charge in [0.05, 0.1) is 27.7 Å². The number of hydrogen-bond donors (Lipinski definition) is 1. The predicted molar refractivity (Wildman–Crippen MR) is 423 cm³/mol. The Morgan fingerprint density at radius 3 is 0.876 bits per heavy atom. The van der Waals surface area contributed by atoms with Gasteiger partial charge in [-0.25, -0.2) is 4.57 Å². The van der Waals surface area contributed by atoms with Crippen LogP contribution in [0.25, 0.3) is 0 Å². The molecule has 0 aromatic carbocycles. The minimum absolute atomic E-state index is 0.0340. The Labute approximate surface area is 604 Å². The van der Waals surface area contributed by atoms with Crippen molar-refractivity contribution in [3.05, 3.63) is 60.8 Å². The number of quaternary nitrogens is 1. The van der Waals surface area contributed by atoms with E-state index in [4.69, 9.17) is 18.5 Å². The Kier molecular flexibility index (Phi) is 76.0. The van der Waals surface area contributed by atoms with E-state index in [1.54, 1.807) is 0 Å². The summed E-state index contributed by atoms with van der Waals surface area (Å²) in [5.41, 5.74) is 0. The number of carbonyl (C=O) groups is 2. The second-order valence-electron chi connectivity index (χ2n) is 30.2. The smallest absolute Gasteiger partial charge is 0.462 e. The lowest BCUT2D eigenvalue weighted by atomic mass is 10.0. The molecule has 0 aromatic heterocycles. The number of allylic oxidation sites excluding steroid dienone is 10. The first-order valence-corrected chi connectivity index (χ1v) is 44.0. The van der Waals surface area contributed by atoms with E-state index >= 15 is 0 Å². The van der Waals surface area contributed by atoms with Crippen molar-refractivity contribution >= 4 is 19.8 Å². The molecule has 0 aliphatic rings. The highest BCUT2D eigenvalue weighted by molar-refractivity contribution is 7.47. The Morgan fingerprint density at radius 1 is 0.330 bits per heavy atom. The molecule has 9 nitrogen and oxygen atoms in total. The van der Waals surface area contributed by atoms with Gasteiger partial charge in [-0.05, 0) is 57.8 Å². The highest BCUT2D eigenvalue weighted by atomic mass is 31.2. The Morgan fingerprint density at radius 2 is 0.588 bits per heavy atom. The second-order valence-corrected chi connectivity index (χ2v) is 31.7. The van der Waals surface area contributed by atoms with E-state index in [-0.39, 0.29) is 25.6 Å².